The summed E-state index contributed by atoms with van der Waals surface area (Å²) in [6.45, 7) is 2.29. The summed E-state index contributed by atoms with van der Waals surface area (Å²) in [6, 6.07) is 2.12. The minimum absolute atomic E-state index is 0.793. The number of aryl methyl sites for hydroxylation is 1. The maximum atomic E-state index is 4.21. The van der Waals surface area contributed by atoms with Crippen LogP contribution in [0.1, 0.15) is 24.6 Å². The van der Waals surface area contributed by atoms with Gasteiger partial charge in [0.15, 0.2) is 0 Å². The van der Waals surface area contributed by atoms with Crippen LogP contribution in [0.15, 0.2) is 6.07 Å². The maximum Gasteiger partial charge on any atom is 0.148 e. The molecule has 1 aliphatic carbocycles. The molecule has 0 spiro atoms. The molecule has 1 aromatic rings. The van der Waals surface area contributed by atoms with Gasteiger partial charge >= 0.3 is 0 Å². The molecule has 0 saturated carbocycles. The molecular weight excluding hydrogens is 162 g/mol. The van der Waals surface area contributed by atoms with Crippen molar-refractivity contribution >= 4 is 5.82 Å². The lowest BCUT2D eigenvalue weighted by molar-refractivity contribution is 0.490. The molecule has 3 nitrogen and oxygen atoms in total. The molecular formula is C10H15N3. The third kappa shape index (κ3) is 1.64. The Morgan fingerprint density at radius 2 is 2.31 bits per heavy atom. The van der Waals surface area contributed by atoms with E-state index in [1.165, 1.54) is 17.7 Å². The van der Waals surface area contributed by atoms with Crippen LogP contribution >= 0.6 is 0 Å². The van der Waals surface area contributed by atoms with Crippen molar-refractivity contribution in [2.45, 2.75) is 26.2 Å². The van der Waals surface area contributed by atoms with Crippen LogP contribution in [0.2, 0.25) is 0 Å². The van der Waals surface area contributed by atoms with Crippen LogP contribution in [-0.4, -0.2) is 17.2 Å². The number of hydrogen-bond donors (Lipinski definition) is 1. The molecule has 2 rings (SSSR count). The smallest absolute Gasteiger partial charge is 0.148 e. The summed E-state index contributed by atoms with van der Waals surface area (Å²) in [5.41, 5.74) is 2.57. The van der Waals surface area contributed by atoms with E-state index in [9.17, 15) is 0 Å². The fourth-order valence-electron chi connectivity index (χ4n) is 1.83. The Balaban J connectivity index is 2.32. The van der Waals surface area contributed by atoms with Crippen LogP contribution in [0.4, 0.5) is 5.82 Å². The topological polar surface area (TPSA) is 37.8 Å². The van der Waals surface area contributed by atoms with Crippen molar-refractivity contribution < 1.29 is 0 Å². The van der Waals surface area contributed by atoms with Gasteiger partial charge in [-0.3, -0.25) is 0 Å². The highest BCUT2D eigenvalue weighted by Crippen LogP contribution is 2.24. The molecule has 1 unspecified atom stereocenters. The van der Waals surface area contributed by atoms with E-state index in [0.29, 0.717) is 0 Å². The zero-order valence-electron chi connectivity index (χ0n) is 8.17. The van der Waals surface area contributed by atoms with Crippen molar-refractivity contribution in [2.24, 2.45) is 5.92 Å². The summed E-state index contributed by atoms with van der Waals surface area (Å²) in [5, 5.41) is 11.3. The molecule has 70 valence electrons. The molecule has 0 amide bonds. The first kappa shape index (κ1) is 8.48. The van der Waals surface area contributed by atoms with Gasteiger partial charge in [0.2, 0.25) is 0 Å². The highest BCUT2D eigenvalue weighted by Gasteiger charge is 2.16. The van der Waals surface area contributed by atoms with Crippen molar-refractivity contribution in [3.05, 3.63) is 17.3 Å². The number of fused-ring (bicyclic) bond motifs is 1. The summed E-state index contributed by atoms with van der Waals surface area (Å²) in [5.74, 6) is 1.68. The third-order valence-corrected chi connectivity index (χ3v) is 2.66. The van der Waals surface area contributed by atoms with E-state index in [-0.39, 0.29) is 0 Å². The van der Waals surface area contributed by atoms with Crippen molar-refractivity contribution in [1.82, 2.24) is 10.2 Å². The minimum Gasteiger partial charge on any atom is -0.372 e. The Morgan fingerprint density at radius 1 is 1.46 bits per heavy atom. The number of nitrogens with zero attached hydrogens (tertiary/aromatic N) is 2. The lowest BCUT2D eigenvalue weighted by atomic mass is 9.88. The van der Waals surface area contributed by atoms with Gasteiger partial charge in [0.25, 0.3) is 0 Å². The van der Waals surface area contributed by atoms with E-state index in [2.05, 4.69) is 28.5 Å². The Morgan fingerprint density at radius 3 is 3.08 bits per heavy atom. The van der Waals surface area contributed by atoms with Gasteiger partial charge in [0.05, 0.1) is 5.69 Å². The van der Waals surface area contributed by atoms with Crippen LogP contribution < -0.4 is 5.32 Å². The standard InChI is InChI=1S/C10H15N3/c1-7-3-4-9-8(5-7)6-10(11-2)13-12-9/h6-7H,3-5H2,1-2H3,(H,11,13). The summed E-state index contributed by atoms with van der Waals surface area (Å²) in [6.07, 6.45) is 3.49. The minimum atomic E-state index is 0.793. The second-order valence-electron chi connectivity index (χ2n) is 3.80. The lowest BCUT2D eigenvalue weighted by Crippen LogP contribution is -2.14. The molecule has 13 heavy (non-hydrogen) atoms. The fraction of sp³-hybridized carbons (Fsp3) is 0.600. The summed E-state index contributed by atoms with van der Waals surface area (Å²) >= 11 is 0. The Kier molecular flexibility index (Phi) is 2.17. The van der Waals surface area contributed by atoms with Gasteiger partial charge in [-0.05, 0) is 36.8 Å². The van der Waals surface area contributed by atoms with Gasteiger partial charge in [0.1, 0.15) is 5.82 Å². The Labute approximate surface area is 78.6 Å². The molecule has 1 atom stereocenters. The van der Waals surface area contributed by atoms with Crippen LogP contribution in [-0.2, 0) is 12.8 Å². The molecule has 0 aliphatic heterocycles. The van der Waals surface area contributed by atoms with E-state index >= 15 is 0 Å². The first-order valence-electron chi connectivity index (χ1n) is 4.83. The van der Waals surface area contributed by atoms with E-state index in [4.69, 9.17) is 0 Å². The number of hydrogen-bond acceptors (Lipinski definition) is 3. The molecule has 1 N–H and O–H groups in total. The Bertz CT molecular complexity index is 309. The molecule has 0 bridgehead atoms. The monoisotopic (exact) mass is 177 g/mol. The average molecular weight is 177 g/mol. The maximum absolute atomic E-state index is 4.21. The van der Waals surface area contributed by atoms with Gasteiger partial charge in [-0.15, -0.1) is 5.10 Å². The van der Waals surface area contributed by atoms with Crippen LogP contribution in [0.3, 0.4) is 0 Å². The number of aromatic nitrogens is 2. The predicted molar refractivity (Wildman–Crippen MR) is 52.8 cm³/mol. The molecule has 1 heterocycles. The van der Waals surface area contributed by atoms with Gasteiger partial charge in [-0.2, -0.15) is 5.10 Å². The zero-order chi connectivity index (χ0) is 9.26. The SMILES string of the molecule is CNc1cc2c(nn1)CCC(C)C2. The first-order valence-corrected chi connectivity index (χ1v) is 4.83. The summed E-state index contributed by atoms with van der Waals surface area (Å²) < 4.78 is 0. The highest BCUT2D eigenvalue weighted by molar-refractivity contribution is 5.38. The Hall–Kier alpha value is -1.12. The average Bonchev–Trinajstić information content (AvgIpc) is 2.16. The normalized spacial score (nSPS) is 20.9. The molecule has 0 saturated heterocycles. The van der Waals surface area contributed by atoms with Gasteiger partial charge < -0.3 is 5.32 Å². The van der Waals surface area contributed by atoms with E-state index in [1.54, 1.807) is 0 Å². The third-order valence-electron chi connectivity index (χ3n) is 2.66. The van der Waals surface area contributed by atoms with E-state index < -0.39 is 0 Å². The second-order valence-corrected chi connectivity index (χ2v) is 3.80. The molecule has 1 aromatic heterocycles. The predicted octanol–water partition coefficient (Wildman–Crippen LogP) is 1.64. The van der Waals surface area contributed by atoms with Crippen LogP contribution in [0.25, 0.3) is 0 Å². The van der Waals surface area contributed by atoms with Gasteiger partial charge in [-0.1, -0.05) is 6.92 Å². The second kappa shape index (κ2) is 3.32. The summed E-state index contributed by atoms with van der Waals surface area (Å²) in [7, 11) is 1.88. The number of rotatable bonds is 1. The molecule has 0 fully saturated rings. The van der Waals surface area contributed by atoms with Crippen molar-refractivity contribution in [3.63, 3.8) is 0 Å². The van der Waals surface area contributed by atoms with Gasteiger partial charge in [-0.25, -0.2) is 0 Å². The van der Waals surface area contributed by atoms with Crippen molar-refractivity contribution in [2.75, 3.05) is 12.4 Å². The zero-order valence-corrected chi connectivity index (χ0v) is 8.17. The first-order chi connectivity index (χ1) is 6.29. The lowest BCUT2D eigenvalue weighted by Gasteiger charge is -2.19. The van der Waals surface area contributed by atoms with Crippen molar-refractivity contribution in [1.29, 1.82) is 0 Å². The van der Waals surface area contributed by atoms with Crippen molar-refractivity contribution in [3.8, 4) is 0 Å². The number of nitrogens with one attached hydrogen (secondary N) is 1. The number of anilines is 1. The van der Waals surface area contributed by atoms with Crippen LogP contribution in [0.5, 0.6) is 0 Å². The molecule has 0 radical (unpaired) electrons. The summed E-state index contributed by atoms with van der Waals surface area (Å²) in [4.78, 5) is 0. The largest absolute Gasteiger partial charge is 0.372 e. The fourth-order valence-corrected chi connectivity index (χ4v) is 1.83. The molecule has 1 aliphatic rings. The highest BCUT2D eigenvalue weighted by atomic mass is 15.2. The van der Waals surface area contributed by atoms with Gasteiger partial charge in [0, 0.05) is 7.05 Å². The van der Waals surface area contributed by atoms with Crippen LogP contribution in [0, 0.1) is 5.92 Å². The van der Waals surface area contributed by atoms with E-state index in [1.807, 2.05) is 7.05 Å². The molecule has 3 heteroatoms. The molecule has 0 aromatic carbocycles. The van der Waals surface area contributed by atoms with E-state index in [0.717, 1.165) is 24.6 Å². The quantitative estimate of drug-likeness (QED) is 0.708.